The Morgan fingerprint density at radius 2 is 0.907 bits per heavy atom. The van der Waals surface area contributed by atoms with Gasteiger partial charge in [-0.25, -0.2) is 0 Å². The van der Waals surface area contributed by atoms with Gasteiger partial charge in [-0.15, -0.1) is 0 Å². The van der Waals surface area contributed by atoms with Crippen LogP contribution in [0.15, 0.2) is 9.98 Å². The van der Waals surface area contributed by atoms with Crippen molar-refractivity contribution >= 4 is 82.2 Å². The monoisotopic (exact) mass is 1220 g/mol. The van der Waals surface area contributed by atoms with Crippen LogP contribution in [-0.4, -0.2) is 165 Å². The number of aliphatic carboxylic acids is 1. The van der Waals surface area contributed by atoms with Gasteiger partial charge in [0.1, 0.15) is 6.04 Å². The van der Waals surface area contributed by atoms with Crippen molar-refractivity contribution in [2.75, 3.05) is 19.7 Å². The van der Waals surface area contributed by atoms with E-state index in [1.807, 2.05) is 0 Å². The topological polar surface area (TPSA) is 501 Å². The van der Waals surface area contributed by atoms with Gasteiger partial charge in [-0.1, -0.05) is 90.9 Å². The van der Waals surface area contributed by atoms with Crippen molar-refractivity contribution in [3.05, 3.63) is 0 Å². The fourth-order valence-corrected chi connectivity index (χ4v) is 9.36. The molecule has 0 bridgehead atoms. The van der Waals surface area contributed by atoms with Crippen LogP contribution in [-0.2, 0) is 57.5 Å². The minimum atomic E-state index is -1.84. The van der Waals surface area contributed by atoms with Gasteiger partial charge in [-0.05, 0) is 52.9 Å². The lowest BCUT2D eigenvalue weighted by atomic mass is 9.90. The van der Waals surface area contributed by atoms with E-state index >= 15 is 0 Å². The van der Waals surface area contributed by atoms with E-state index in [-0.39, 0.29) is 69.3 Å². The number of Topliss-reactive ketones (excluding diaryl/α,β-unsaturated/α-hetero) is 5. The number of nitrogens with two attached hydrogens (primary N) is 5. The van der Waals surface area contributed by atoms with Crippen LogP contribution in [0.1, 0.15) is 202 Å². The molecule has 10 atom stereocenters. The number of hydrogen-bond donors (Lipinski definition) is 14. The number of ketones is 5. The number of carboxylic acid groups (broad SMARTS) is 1. The normalized spacial score (nSPS) is 14.6. The predicted octanol–water partition coefficient (Wildman–Crippen LogP) is 0.177. The van der Waals surface area contributed by atoms with Crippen LogP contribution in [0.25, 0.3) is 0 Å². The van der Waals surface area contributed by atoms with Crippen molar-refractivity contribution in [2.45, 2.75) is 244 Å². The summed E-state index contributed by atoms with van der Waals surface area (Å²) in [5, 5.41) is 53.1. The van der Waals surface area contributed by atoms with E-state index in [1.54, 1.807) is 6.92 Å². The summed E-state index contributed by atoms with van der Waals surface area (Å²) in [5.74, 6) is -15.5. The summed E-state index contributed by atoms with van der Waals surface area (Å²) in [6, 6.07) is -6.97. The average molecular weight is 1220 g/mol. The highest BCUT2D eigenvalue weighted by molar-refractivity contribution is 5.99. The molecule has 6 amide bonds. The number of carbonyl (C=O) groups is 12. The van der Waals surface area contributed by atoms with E-state index in [1.165, 1.54) is 72.1 Å². The van der Waals surface area contributed by atoms with Crippen LogP contribution in [0.5, 0.6) is 0 Å². The van der Waals surface area contributed by atoms with Crippen molar-refractivity contribution in [1.82, 2.24) is 26.6 Å². The van der Waals surface area contributed by atoms with E-state index in [4.69, 9.17) is 28.7 Å². The first-order valence-electron chi connectivity index (χ1n) is 30.3. The molecular formula is C58H102N12O16. The maximum absolute atomic E-state index is 13.8. The summed E-state index contributed by atoms with van der Waals surface area (Å²) in [6.07, 6.45) is 7.18. The van der Waals surface area contributed by atoms with E-state index in [0.717, 1.165) is 25.7 Å². The van der Waals surface area contributed by atoms with Crippen LogP contribution in [0.4, 0.5) is 0 Å². The average Bonchev–Trinajstić information content (AvgIpc) is 2.61. The van der Waals surface area contributed by atoms with Crippen LogP contribution in [0, 0.1) is 17.8 Å². The molecule has 1 unspecified atom stereocenters. The minimum Gasteiger partial charge on any atom is -0.481 e. The van der Waals surface area contributed by atoms with Gasteiger partial charge in [0, 0.05) is 64.5 Å². The van der Waals surface area contributed by atoms with Crippen LogP contribution < -0.4 is 55.3 Å². The fourth-order valence-electron chi connectivity index (χ4n) is 9.36. The fraction of sp³-hybridized carbons (Fsp3) is 0.759. The molecule has 0 saturated heterocycles. The molecule has 490 valence electrons. The minimum absolute atomic E-state index is 0.0166. The summed E-state index contributed by atoms with van der Waals surface area (Å²) in [6.45, 7) is 6.64. The largest absolute Gasteiger partial charge is 0.481 e. The molecule has 0 fully saturated rings. The number of aliphatic imine (C=N–C) groups is 2. The summed E-state index contributed by atoms with van der Waals surface area (Å²) in [7, 11) is 0. The van der Waals surface area contributed by atoms with Crippen molar-refractivity contribution in [2.24, 2.45) is 56.4 Å². The Kier molecular flexibility index (Phi) is 41.7. The molecule has 0 aliphatic heterocycles. The van der Waals surface area contributed by atoms with E-state index in [0.29, 0.717) is 6.42 Å². The molecule has 0 aliphatic rings. The zero-order valence-electron chi connectivity index (χ0n) is 51.2. The zero-order valence-corrected chi connectivity index (χ0v) is 51.2. The van der Waals surface area contributed by atoms with E-state index < -0.39 is 176 Å². The number of carboxylic acids is 1. The van der Waals surface area contributed by atoms with Gasteiger partial charge in [0.15, 0.2) is 40.8 Å². The Morgan fingerprint density at radius 1 is 0.442 bits per heavy atom. The highest BCUT2D eigenvalue weighted by Crippen LogP contribution is 2.19. The molecule has 0 aromatic heterocycles. The standard InChI is InChI=1S/C58H102N12O16/c1-6-8-9-10-11-12-13-14-15-16-17-18-19-24-50(80)70-53(37(5)73)48(78)29-38(31-49(59)79)54(84)66-35(3)45(75)25-26-51(81)67-42(23-21-28-65-58(62)63)46(76)30-39(34-71)55(85)69-43(33-52(82)83)47(77)32-40(36(4)72)56(86)68-41(44(74)7-2)22-20-27-64-57(60)61/h35-43,53,71-73H,6-34H2,1-5H3,(H2,59,79)(H,66,84)(H,67,81)(H,68,86)(H,69,85)(H,70,80)(H,82,83)(H4,60,61,64)(H4,62,63,65)/t35-,36+,37+,38-,39-,40-,41-,42-,43-,53?/m0/s1. The van der Waals surface area contributed by atoms with Gasteiger partial charge in [-0.3, -0.25) is 67.5 Å². The zero-order chi connectivity index (χ0) is 65.3. The second-order valence-corrected chi connectivity index (χ2v) is 22.1. The Bertz CT molecular complexity index is 2240. The van der Waals surface area contributed by atoms with E-state index in [2.05, 4.69) is 43.5 Å². The summed E-state index contributed by atoms with van der Waals surface area (Å²) >= 11 is 0. The number of hydrogen-bond acceptors (Lipinski definition) is 17. The lowest BCUT2D eigenvalue weighted by Crippen LogP contribution is -2.50. The predicted molar refractivity (Wildman–Crippen MR) is 321 cm³/mol. The molecule has 28 heteroatoms. The maximum atomic E-state index is 13.8. The molecule has 0 heterocycles. The molecule has 0 radical (unpaired) electrons. The molecule has 0 spiro atoms. The maximum Gasteiger partial charge on any atom is 0.305 e. The van der Waals surface area contributed by atoms with Crippen molar-refractivity contribution in [1.29, 1.82) is 0 Å². The van der Waals surface area contributed by atoms with Crippen molar-refractivity contribution in [3.63, 3.8) is 0 Å². The number of carbonyl (C=O) groups excluding carboxylic acids is 11. The number of nitrogens with one attached hydrogen (secondary N) is 5. The third-order valence-electron chi connectivity index (χ3n) is 14.5. The lowest BCUT2D eigenvalue weighted by molar-refractivity contribution is -0.142. The highest BCUT2D eigenvalue weighted by Gasteiger charge is 2.36. The second kappa shape index (κ2) is 45.4. The number of nitrogens with zero attached hydrogens (tertiary/aromatic N) is 2. The molecule has 19 N–H and O–H groups in total. The van der Waals surface area contributed by atoms with Crippen LogP contribution >= 0.6 is 0 Å². The molecule has 0 saturated carbocycles. The van der Waals surface area contributed by atoms with Gasteiger partial charge in [0.05, 0.1) is 67.2 Å². The number of primary amides is 1. The summed E-state index contributed by atoms with van der Waals surface area (Å²) in [5.41, 5.74) is 27.0. The lowest BCUT2D eigenvalue weighted by Gasteiger charge is -2.25. The second-order valence-electron chi connectivity index (χ2n) is 22.1. The third kappa shape index (κ3) is 36.1. The summed E-state index contributed by atoms with van der Waals surface area (Å²) in [4.78, 5) is 165. The third-order valence-corrected chi connectivity index (χ3v) is 14.5. The summed E-state index contributed by atoms with van der Waals surface area (Å²) < 4.78 is 0. The van der Waals surface area contributed by atoms with Crippen LogP contribution in [0.3, 0.4) is 0 Å². The molecule has 0 aromatic carbocycles. The molecule has 0 rings (SSSR count). The van der Waals surface area contributed by atoms with Gasteiger partial charge in [0.2, 0.25) is 35.4 Å². The van der Waals surface area contributed by atoms with E-state index in [9.17, 15) is 78.0 Å². The van der Waals surface area contributed by atoms with Crippen molar-refractivity contribution in [3.8, 4) is 0 Å². The number of amides is 6. The van der Waals surface area contributed by atoms with Gasteiger partial charge in [-0.2, -0.15) is 0 Å². The number of guanidine groups is 2. The Labute approximate surface area is 505 Å². The molecule has 0 aliphatic carbocycles. The highest BCUT2D eigenvalue weighted by atomic mass is 16.4. The first-order chi connectivity index (χ1) is 40.6. The Morgan fingerprint density at radius 3 is 1.37 bits per heavy atom. The van der Waals surface area contributed by atoms with Crippen molar-refractivity contribution < 1.29 is 78.0 Å². The van der Waals surface area contributed by atoms with Gasteiger partial charge in [0.25, 0.3) is 0 Å². The number of unbranched alkanes of at least 4 members (excludes halogenated alkanes) is 12. The molecule has 0 aromatic rings. The number of aliphatic hydroxyl groups excluding tert-OH is 3. The molecular weight excluding hydrogens is 1120 g/mol. The Hall–Kier alpha value is -6.94. The Balaban J connectivity index is 5.85. The van der Waals surface area contributed by atoms with Crippen LogP contribution in [0.2, 0.25) is 0 Å². The molecule has 86 heavy (non-hydrogen) atoms. The smallest absolute Gasteiger partial charge is 0.305 e. The first kappa shape index (κ1) is 79.1. The van der Waals surface area contributed by atoms with Gasteiger partial charge < -0.3 is 75.7 Å². The molecule has 28 nitrogen and oxygen atoms in total. The van der Waals surface area contributed by atoms with Gasteiger partial charge >= 0.3 is 5.97 Å². The SMILES string of the molecule is CCCCCCCCCCCCCCCC(=O)NC(C(=O)C[C@@H](CC(N)=O)C(=O)N[C@@H](C)C(=O)CCC(=O)N[C@@H](CCCN=C(N)N)C(=O)C[C@@H](CO)C(=O)N[C@@H](CC(=O)O)C(=O)C[C@H](C(=O)N[C@@H](CCCN=C(N)N)C(=O)CC)[C@@H](C)O)[C@@H](C)O. The first-order valence-corrected chi connectivity index (χ1v) is 30.3. The number of rotatable bonds is 52. The number of aliphatic hydroxyl groups is 3. The quantitative estimate of drug-likeness (QED) is 0.0219.